The molecule has 0 heterocycles. The van der Waals surface area contributed by atoms with Crippen LogP contribution < -0.4 is 0 Å². The van der Waals surface area contributed by atoms with Crippen molar-refractivity contribution in [2.75, 3.05) is 0 Å². The van der Waals surface area contributed by atoms with Crippen molar-refractivity contribution in [3.05, 3.63) is 29.8 Å². The van der Waals surface area contributed by atoms with E-state index in [1.165, 1.54) is 37.8 Å². The maximum atomic E-state index is 11.0. The zero-order valence-corrected chi connectivity index (χ0v) is 15.1. The Bertz CT molecular complexity index is 534. The molecule has 3 atom stereocenters. The van der Waals surface area contributed by atoms with Crippen LogP contribution in [0.3, 0.4) is 0 Å². The van der Waals surface area contributed by atoms with Gasteiger partial charge in [0.15, 0.2) is 0 Å². The van der Waals surface area contributed by atoms with Crippen molar-refractivity contribution in [2.45, 2.75) is 64.7 Å². The molecule has 0 saturated heterocycles. The molecule has 0 spiro atoms. The molecular formula is C18H30O3S. The Balaban J connectivity index is 2.49. The largest absolute Gasteiger partial charge is 0.294 e. The van der Waals surface area contributed by atoms with E-state index in [9.17, 15) is 8.42 Å². The average Bonchev–Trinajstić information content (AvgIpc) is 2.37. The lowest BCUT2D eigenvalue weighted by molar-refractivity contribution is 0.331. The molecule has 4 heteroatoms. The van der Waals surface area contributed by atoms with Crippen molar-refractivity contribution < 1.29 is 13.0 Å². The third-order valence-electron chi connectivity index (χ3n) is 4.20. The quantitative estimate of drug-likeness (QED) is 0.652. The summed E-state index contributed by atoms with van der Waals surface area (Å²) in [5.74, 6) is 2.08. The molecule has 0 aliphatic rings. The van der Waals surface area contributed by atoms with Gasteiger partial charge in [0.1, 0.15) is 0 Å². The number of benzene rings is 1. The summed E-state index contributed by atoms with van der Waals surface area (Å²) in [5, 5.41) is 0. The van der Waals surface area contributed by atoms with Crippen LogP contribution in [0.5, 0.6) is 0 Å². The van der Waals surface area contributed by atoms with E-state index in [1.807, 2.05) is 0 Å². The van der Waals surface area contributed by atoms with E-state index in [2.05, 4.69) is 27.7 Å². The zero-order valence-electron chi connectivity index (χ0n) is 14.2. The molecule has 0 aromatic heterocycles. The van der Waals surface area contributed by atoms with Gasteiger partial charge in [0, 0.05) is 0 Å². The highest BCUT2D eigenvalue weighted by molar-refractivity contribution is 7.85. The fraction of sp³-hybridized carbons (Fsp3) is 0.667. The highest BCUT2D eigenvalue weighted by atomic mass is 32.2. The highest BCUT2D eigenvalue weighted by Gasteiger charge is 2.14. The molecule has 1 aromatic carbocycles. The Hall–Kier alpha value is -0.870. The molecule has 0 saturated carbocycles. The summed E-state index contributed by atoms with van der Waals surface area (Å²) < 4.78 is 31.0. The standard InChI is InChI=1S/C18H30O3S/c1-5-6-14(2)11-15(3)12-16(4)13-17-7-9-18(10-8-17)22(19,20)21/h7-10,14-16H,5-6,11-13H2,1-4H3,(H,19,20,21). The van der Waals surface area contributed by atoms with Crippen LogP contribution in [0.2, 0.25) is 0 Å². The number of hydrogen-bond donors (Lipinski definition) is 1. The average molecular weight is 327 g/mol. The summed E-state index contributed by atoms with van der Waals surface area (Å²) in [6, 6.07) is 6.54. The van der Waals surface area contributed by atoms with Gasteiger partial charge in [-0.1, -0.05) is 52.7 Å². The lowest BCUT2D eigenvalue weighted by atomic mass is 9.86. The van der Waals surface area contributed by atoms with Gasteiger partial charge in [-0.25, -0.2) is 0 Å². The van der Waals surface area contributed by atoms with Gasteiger partial charge in [0.25, 0.3) is 10.1 Å². The lowest BCUT2D eigenvalue weighted by Crippen LogP contribution is -2.09. The third-order valence-corrected chi connectivity index (χ3v) is 5.06. The molecular weight excluding hydrogens is 296 g/mol. The van der Waals surface area contributed by atoms with Gasteiger partial charge in [-0.3, -0.25) is 4.55 Å². The molecule has 0 bridgehead atoms. The van der Waals surface area contributed by atoms with E-state index in [0.29, 0.717) is 11.8 Å². The summed E-state index contributed by atoms with van der Waals surface area (Å²) in [4.78, 5) is -0.0364. The van der Waals surface area contributed by atoms with Gasteiger partial charge < -0.3 is 0 Å². The Morgan fingerprint density at radius 3 is 2.00 bits per heavy atom. The predicted molar refractivity (Wildman–Crippen MR) is 91.6 cm³/mol. The first-order chi connectivity index (χ1) is 10.2. The topological polar surface area (TPSA) is 54.4 Å². The Morgan fingerprint density at radius 1 is 0.955 bits per heavy atom. The van der Waals surface area contributed by atoms with E-state index in [4.69, 9.17) is 4.55 Å². The van der Waals surface area contributed by atoms with E-state index in [1.54, 1.807) is 12.1 Å². The van der Waals surface area contributed by atoms with Crippen LogP contribution in [0.4, 0.5) is 0 Å². The van der Waals surface area contributed by atoms with Crippen molar-refractivity contribution in [3.8, 4) is 0 Å². The summed E-state index contributed by atoms with van der Waals surface area (Å²) >= 11 is 0. The molecule has 1 rings (SSSR count). The highest BCUT2D eigenvalue weighted by Crippen LogP contribution is 2.24. The smallest absolute Gasteiger partial charge is 0.282 e. The molecule has 1 aromatic rings. The molecule has 1 N–H and O–H groups in total. The number of hydrogen-bond acceptors (Lipinski definition) is 2. The maximum absolute atomic E-state index is 11.0. The fourth-order valence-corrected chi connectivity index (χ4v) is 3.84. The van der Waals surface area contributed by atoms with Crippen LogP contribution in [0.25, 0.3) is 0 Å². The second-order valence-corrected chi connectivity index (χ2v) is 8.32. The molecule has 0 aliphatic carbocycles. The second-order valence-electron chi connectivity index (χ2n) is 6.90. The van der Waals surface area contributed by atoms with E-state index in [0.717, 1.165) is 17.9 Å². The predicted octanol–water partition coefficient (Wildman–Crippen LogP) is 4.96. The van der Waals surface area contributed by atoms with Crippen LogP contribution in [-0.2, 0) is 16.5 Å². The Kier molecular flexibility index (Phi) is 7.57. The van der Waals surface area contributed by atoms with Crippen molar-refractivity contribution in [3.63, 3.8) is 0 Å². The van der Waals surface area contributed by atoms with Crippen molar-refractivity contribution in [2.24, 2.45) is 17.8 Å². The molecule has 0 aliphatic heterocycles. The monoisotopic (exact) mass is 326 g/mol. The van der Waals surface area contributed by atoms with Gasteiger partial charge in [0.05, 0.1) is 4.90 Å². The van der Waals surface area contributed by atoms with Crippen LogP contribution in [0, 0.1) is 17.8 Å². The first kappa shape index (κ1) is 19.2. The van der Waals surface area contributed by atoms with E-state index in [-0.39, 0.29) is 4.90 Å². The first-order valence-corrected chi connectivity index (χ1v) is 9.72. The number of rotatable bonds is 9. The van der Waals surface area contributed by atoms with Gasteiger partial charge in [0.2, 0.25) is 0 Å². The molecule has 0 amide bonds. The molecule has 22 heavy (non-hydrogen) atoms. The van der Waals surface area contributed by atoms with Gasteiger partial charge in [-0.15, -0.1) is 0 Å². The molecule has 0 fully saturated rings. The summed E-state index contributed by atoms with van der Waals surface area (Å²) in [5.41, 5.74) is 1.12. The first-order valence-electron chi connectivity index (χ1n) is 8.28. The van der Waals surface area contributed by atoms with E-state index >= 15 is 0 Å². The Labute approximate surface area is 135 Å². The third kappa shape index (κ3) is 6.93. The minimum Gasteiger partial charge on any atom is -0.282 e. The molecule has 126 valence electrons. The normalized spacial score (nSPS) is 16.2. The van der Waals surface area contributed by atoms with Crippen LogP contribution in [0.15, 0.2) is 29.2 Å². The molecule has 3 nitrogen and oxygen atoms in total. The lowest BCUT2D eigenvalue weighted by Gasteiger charge is -2.20. The van der Waals surface area contributed by atoms with Crippen molar-refractivity contribution >= 4 is 10.1 Å². The van der Waals surface area contributed by atoms with Gasteiger partial charge in [-0.05, 0) is 54.7 Å². The van der Waals surface area contributed by atoms with Crippen LogP contribution >= 0.6 is 0 Å². The molecule has 3 unspecified atom stereocenters. The van der Waals surface area contributed by atoms with Gasteiger partial charge in [-0.2, -0.15) is 8.42 Å². The van der Waals surface area contributed by atoms with Crippen LogP contribution in [-0.4, -0.2) is 13.0 Å². The summed E-state index contributed by atoms with van der Waals surface area (Å²) in [6.07, 6.45) is 5.96. The maximum Gasteiger partial charge on any atom is 0.294 e. The van der Waals surface area contributed by atoms with Gasteiger partial charge >= 0.3 is 0 Å². The minimum absolute atomic E-state index is 0.0364. The van der Waals surface area contributed by atoms with Crippen LogP contribution in [0.1, 0.15) is 58.9 Å². The SMILES string of the molecule is CCCC(C)CC(C)CC(C)Cc1ccc(S(=O)(=O)O)cc1. The summed E-state index contributed by atoms with van der Waals surface area (Å²) in [7, 11) is -4.09. The van der Waals surface area contributed by atoms with Crippen molar-refractivity contribution in [1.29, 1.82) is 0 Å². The minimum atomic E-state index is -4.09. The molecule has 0 radical (unpaired) electrons. The summed E-state index contributed by atoms with van der Waals surface area (Å²) in [6.45, 7) is 9.14. The fourth-order valence-electron chi connectivity index (χ4n) is 3.36. The second kappa shape index (κ2) is 8.68. The zero-order chi connectivity index (χ0) is 16.8. The van der Waals surface area contributed by atoms with E-state index < -0.39 is 10.1 Å². The van der Waals surface area contributed by atoms with Crippen molar-refractivity contribution in [1.82, 2.24) is 0 Å². The Morgan fingerprint density at radius 2 is 1.50 bits per heavy atom.